The largest absolute Gasteiger partial charge is 0.399 e. The van der Waals surface area contributed by atoms with Crippen LogP contribution in [0.3, 0.4) is 0 Å². The molecule has 0 aliphatic heterocycles. The van der Waals surface area contributed by atoms with Crippen LogP contribution in [-0.2, 0) is 0 Å². The van der Waals surface area contributed by atoms with Gasteiger partial charge < -0.3 is 10.6 Å². The predicted octanol–water partition coefficient (Wildman–Crippen LogP) is 4.27. The van der Waals surface area contributed by atoms with Crippen LogP contribution in [0.5, 0.6) is 0 Å². The van der Waals surface area contributed by atoms with E-state index in [1.165, 1.54) is 27.9 Å². The summed E-state index contributed by atoms with van der Waals surface area (Å²) < 4.78 is 0. The summed E-state index contributed by atoms with van der Waals surface area (Å²) >= 11 is 0. The first kappa shape index (κ1) is 13.5. The molecule has 0 aliphatic rings. The Morgan fingerprint density at radius 1 is 0.842 bits per heavy atom. The van der Waals surface area contributed by atoms with E-state index in [9.17, 15) is 0 Å². The first-order chi connectivity index (χ1) is 8.91. The van der Waals surface area contributed by atoms with Gasteiger partial charge in [0.15, 0.2) is 0 Å². The molecule has 0 saturated heterocycles. The SMILES string of the molecule is Cc1cc(C)c(C)c(N(C)c2ccc(N)cc2)c1C. The Kier molecular flexibility index (Phi) is 3.52. The van der Waals surface area contributed by atoms with Crippen LogP contribution in [0.2, 0.25) is 0 Å². The first-order valence-electron chi connectivity index (χ1n) is 6.58. The number of benzene rings is 2. The highest BCUT2D eigenvalue weighted by atomic mass is 15.1. The quantitative estimate of drug-likeness (QED) is 0.811. The maximum atomic E-state index is 5.76. The molecule has 2 rings (SSSR count). The zero-order valence-corrected chi connectivity index (χ0v) is 12.4. The van der Waals surface area contributed by atoms with Crippen molar-refractivity contribution in [1.29, 1.82) is 0 Å². The number of hydrogen-bond donors (Lipinski definition) is 1. The molecule has 0 aliphatic carbocycles. The van der Waals surface area contributed by atoms with Crippen molar-refractivity contribution >= 4 is 17.1 Å². The number of nitrogens with two attached hydrogens (primary N) is 1. The Bertz CT molecular complexity index is 571. The van der Waals surface area contributed by atoms with Crippen molar-refractivity contribution in [2.24, 2.45) is 0 Å². The Labute approximate surface area is 115 Å². The van der Waals surface area contributed by atoms with Gasteiger partial charge in [-0.1, -0.05) is 6.07 Å². The molecular weight excluding hydrogens is 232 g/mol. The number of anilines is 3. The number of rotatable bonds is 2. The van der Waals surface area contributed by atoms with E-state index >= 15 is 0 Å². The summed E-state index contributed by atoms with van der Waals surface area (Å²) in [6, 6.07) is 10.3. The average Bonchev–Trinajstić information content (AvgIpc) is 2.37. The fraction of sp³-hybridized carbons (Fsp3) is 0.294. The third-order valence-electron chi connectivity index (χ3n) is 3.94. The molecule has 2 heteroatoms. The molecule has 0 radical (unpaired) electrons. The normalized spacial score (nSPS) is 10.6. The molecule has 19 heavy (non-hydrogen) atoms. The molecule has 2 aromatic carbocycles. The second kappa shape index (κ2) is 4.96. The zero-order chi connectivity index (χ0) is 14.2. The second-order valence-electron chi connectivity index (χ2n) is 5.26. The Hall–Kier alpha value is -1.96. The monoisotopic (exact) mass is 254 g/mol. The highest BCUT2D eigenvalue weighted by Crippen LogP contribution is 2.33. The van der Waals surface area contributed by atoms with Gasteiger partial charge in [0.1, 0.15) is 0 Å². The van der Waals surface area contributed by atoms with E-state index in [1.807, 2.05) is 12.1 Å². The molecule has 100 valence electrons. The van der Waals surface area contributed by atoms with Gasteiger partial charge in [-0.25, -0.2) is 0 Å². The minimum atomic E-state index is 0.797. The molecule has 0 heterocycles. The highest BCUT2D eigenvalue weighted by molar-refractivity contribution is 5.72. The van der Waals surface area contributed by atoms with Crippen LogP contribution in [0.1, 0.15) is 22.3 Å². The topological polar surface area (TPSA) is 29.3 Å². The van der Waals surface area contributed by atoms with E-state index < -0.39 is 0 Å². The Balaban J connectivity index is 2.55. The summed E-state index contributed by atoms with van der Waals surface area (Å²) in [7, 11) is 2.11. The van der Waals surface area contributed by atoms with Crippen molar-refractivity contribution in [1.82, 2.24) is 0 Å². The van der Waals surface area contributed by atoms with Crippen molar-refractivity contribution in [3.63, 3.8) is 0 Å². The van der Waals surface area contributed by atoms with Crippen LogP contribution < -0.4 is 10.6 Å². The summed E-state index contributed by atoms with van der Waals surface area (Å²) in [5.41, 5.74) is 14.3. The lowest BCUT2D eigenvalue weighted by Gasteiger charge is -2.26. The van der Waals surface area contributed by atoms with Crippen LogP contribution >= 0.6 is 0 Å². The van der Waals surface area contributed by atoms with Crippen molar-refractivity contribution in [3.05, 3.63) is 52.6 Å². The van der Waals surface area contributed by atoms with Gasteiger partial charge in [0.25, 0.3) is 0 Å². The lowest BCUT2D eigenvalue weighted by atomic mass is 9.97. The van der Waals surface area contributed by atoms with Gasteiger partial charge in [-0.3, -0.25) is 0 Å². The maximum absolute atomic E-state index is 5.76. The number of aryl methyl sites for hydroxylation is 2. The molecule has 0 unspecified atom stereocenters. The van der Waals surface area contributed by atoms with Gasteiger partial charge in [-0.05, 0) is 74.2 Å². The summed E-state index contributed by atoms with van der Waals surface area (Å²) in [4.78, 5) is 2.24. The molecule has 0 fully saturated rings. The Morgan fingerprint density at radius 2 is 1.32 bits per heavy atom. The van der Waals surface area contributed by atoms with E-state index in [2.05, 4.69) is 57.8 Å². The van der Waals surface area contributed by atoms with E-state index in [-0.39, 0.29) is 0 Å². The maximum Gasteiger partial charge on any atom is 0.0472 e. The first-order valence-corrected chi connectivity index (χ1v) is 6.58. The van der Waals surface area contributed by atoms with Crippen molar-refractivity contribution < 1.29 is 0 Å². The number of nitrogen functional groups attached to an aromatic ring is 1. The summed E-state index contributed by atoms with van der Waals surface area (Å²) in [5, 5.41) is 0. The summed E-state index contributed by atoms with van der Waals surface area (Å²) in [5.74, 6) is 0. The molecule has 0 saturated carbocycles. The standard InChI is InChI=1S/C17H22N2/c1-11-10-12(2)14(4)17(13(11)3)19(5)16-8-6-15(18)7-9-16/h6-10H,18H2,1-5H3. The molecule has 0 spiro atoms. The van der Waals surface area contributed by atoms with Crippen LogP contribution in [-0.4, -0.2) is 7.05 Å². The van der Waals surface area contributed by atoms with Gasteiger partial charge >= 0.3 is 0 Å². The van der Waals surface area contributed by atoms with Gasteiger partial charge in [0.2, 0.25) is 0 Å². The van der Waals surface area contributed by atoms with Crippen molar-refractivity contribution in [2.45, 2.75) is 27.7 Å². The highest BCUT2D eigenvalue weighted by Gasteiger charge is 2.13. The molecule has 2 aromatic rings. The zero-order valence-electron chi connectivity index (χ0n) is 12.4. The molecule has 0 atom stereocenters. The minimum Gasteiger partial charge on any atom is -0.399 e. The number of hydrogen-bond acceptors (Lipinski definition) is 2. The van der Waals surface area contributed by atoms with Gasteiger partial charge in [-0.2, -0.15) is 0 Å². The Morgan fingerprint density at radius 3 is 1.79 bits per heavy atom. The van der Waals surface area contributed by atoms with Crippen LogP contribution in [0.15, 0.2) is 30.3 Å². The molecule has 2 N–H and O–H groups in total. The third kappa shape index (κ3) is 2.43. The molecule has 0 bridgehead atoms. The fourth-order valence-electron chi connectivity index (χ4n) is 2.53. The van der Waals surface area contributed by atoms with E-state index in [0.29, 0.717) is 0 Å². The second-order valence-corrected chi connectivity index (χ2v) is 5.26. The van der Waals surface area contributed by atoms with E-state index in [4.69, 9.17) is 5.73 Å². The molecular formula is C17H22N2. The van der Waals surface area contributed by atoms with Crippen LogP contribution in [0.4, 0.5) is 17.1 Å². The van der Waals surface area contributed by atoms with E-state index in [0.717, 1.165) is 11.4 Å². The number of nitrogens with zero attached hydrogens (tertiary/aromatic N) is 1. The van der Waals surface area contributed by atoms with Crippen LogP contribution in [0.25, 0.3) is 0 Å². The average molecular weight is 254 g/mol. The van der Waals surface area contributed by atoms with Gasteiger partial charge in [0.05, 0.1) is 0 Å². The third-order valence-corrected chi connectivity index (χ3v) is 3.94. The predicted molar refractivity (Wildman–Crippen MR) is 84.3 cm³/mol. The molecule has 2 nitrogen and oxygen atoms in total. The van der Waals surface area contributed by atoms with E-state index in [1.54, 1.807) is 0 Å². The fourth-order valence-corrected chi connectivity index (χ4v) is 2.53. The van der Waals surface area contributed by atoms with Crippen molar-refractivity contribution in [2.75, 3.05) is 17.7 Å². The van der Waals surface area contributed by atoms with Gasteiger partial charge in [0, 0.05) is 24.1 Å². The van der Waals surface area contributed by atoms with Crippen LogP contribution in [0, 0.1) is 27.7 Å². The minimum absolute atomic E-state index is 0.797. The smallest absolute Gasteiger partial charge is 0.0472 e. The summed E-state index contributed by atoms with van der Waals surface area (Å²) in [6.07, 6.45) is 0. The van der Waals surface area contributed by atoms with Crippen molar-refractivity contribution in [3.8, 4) is 0 Å². The summed E-state index contributed by atoms with van der Waals surface area (Å²) in [6.45, 7) is 8.71. The lowest BCUT2D eigenvalue weighted by molar-refractivity contribution is 1.13. The molecule has 0 amide bonds. The molecule has 0 aromatic heterocycles. The van der Waals surface area contributed by atoms with Gasteiger partial charge in [-0.15, -0.1) is 0 Å². The lowest BCUT2D eigenvalue weighted by Crippen LogP contribution is -2.14.